The normalized spacial score (nSPS) is 18.7. The minimum atomic E-state index is 0.180. The predicted molar refractivity (Wildman–Crippen MR) is 122 cm³/mol. The fraction of sp³-hybridized carbons (Fsp3) is 0.348. The zero-order valence-corrected chi connectivity index (χ0v) is 17.5. The lowest BCUT2D eigenvalue weighted by atomic mass is 10.1. The van der Waals surface area contributed by atoms with E-state index in [1.807, 2.05) is 24.4 Å². The van der Waals surface area contributed by atoms with E-state index in [1.165, 1.54) is 0 Å². The van der Waals surface area contributed by atoms with Gasteiger partial charge in [0.15, 0.2) is 5.58 Å². The van der Waals surface area contributed by atoms with Crippen LogP contribution in [0.1, 0.15) is 0 Å². The van der Waals surface area contributed by atoms with Crippen LogP contribution in [0.15, 0.2) is 47.0 Å². The zero-order chi connectivity index (χ0) is 20.9. The molecular weight excluding hydrogens is 390 g/mol. The summed E-state index contributed by atoms with van der Waals surface area (Å²) in [6.45, 7) is 6.72. The van der Waals surface area contributed by atoms with Crippen LogP contribution in [0.4, 0.5) is 11.8 Å². The summed E-state index contributed by atoms with van der Waals surface area (Å²) in [6.07, 6.45) is 1.88. The largest absolute Gasteiger partial charge is 0.424 e. The third-order valence-corrected chi connectivity index (χ3v) is 6.50. The van der Waals surface area contributed by atoms with Crippen molar-refractivity contribution in [1.82, 2.24) is 24.8 Å². The van der Waals surface area contributed by atoms with Crippen molar-refractivity contribution in [1.29, 1.82) is 0 Å². The monoisotopic (exact) mass is 415 g/mol. The molecule has 0 amide bonds. The lowest BCUT2D eigenvalue weighted by Gasteiger charge is -2.48. The molecule has 2 N–H and O–H groups in total. The number of benzene rings is 1. The molecule has 158 valence electrons. The fourth-order valence-electron chi connectivity index (χ4n) is 4.52. The molecule has 0 atom stereocenters. The molecule has 5 heterocycles. The molecule has 31 heavy (non-hydrogen) atoms. The first-order valence-corrected chi connectivity index (χ1v) is 10.7. The number of fused-ring (bicyclic) bond motifs is 2. The summed E-state index contributed by atoms with van der Waals surface area (Å²) in [5.41, 5.74) is 10.9. The molecule has 2 aliphatic rings. The Hall–Kier alpha value is -3.23. The Morgan fingerprint density at radius 1 is 0.903 bits per heavy atom. The molecule has 3 aromatic heterocycles. The van der Waals surface area contributed by atoms with Crippen LogP contribution in [0.2, 0.25) is 0 Å². The van der Waals surface area contributed by atoms with Crippen molar-refractivity contribution in [3.05, 3.63) is 42.6 Å². The van der Waals surface area contributed by atoms with Crippen LogP contribution in [0.25, 0.3) is 33.3 Å². The molecule has 8 nitrogen and oxygen atoms in total. The van der Waals surface area contributed by atoms with E-state index < -0.39 is 0 Å². The van der Waals surface area contributed by atoms with Crippen molar-refractivity contribution in [2.75, 3.05) is 56.9 Å². The fourth-order valence-corrected chi connectivity index (χ4v) is 4.52. The number of nitrogens with two attached hydrogens (primary N) is 1. The molecule has 0 bridgehead atoms. The Morgan fingerprint density at radius 2 is 1.71 bits per heavy atom. The van der Waals surface area contributed by atoms with Crippen LogP contribution in [0.5, 0.6) is 0 Å². The quantitative estimate of drug-likeness (QED) is 0.546. The van der Waals surface area contributed by atoms with Gasteiger partial charge < -0.3 is 20.0 Å². The van der Waals surface area contributed by atoms with E-state index in [-0.39, 0.29) is 6.01 Å². The first-order chi connectivity index (χ1) is 15.1. The van der Waals surface area contributed by atoms with Gasteiger partial charge in [0.1, 0.15) is 11.3 Å². The van der Waals surface area contributed by atoms with Crippen molar-refractivity contribution in [2.24, 2.45) is 0 Å². The number of hydrogen-bond acceptors (Lipinski definition) is 8. The lowest BCUT2D eigenvalue weighted by Crippen LogP contribution is -2.63. The number of nitrogens with zero attached hydrogens (tertiary/aromatic N) is 6. The molecule has 0 radical (unpaired) electrons. The smallest absolute Gasteiger partial charge is 0.292 e. The summed E-state index contributed by atoms with van der Waals surface area (Å²) >= 11 is 0. The molecule has 1 aromatic carbocycles. The van der Waals surface area contributed by atoms with Crippen molar-refractivity contribution in [3.63, 3.8) is 0 Å². The third-order valence-electron chi connectivity index (χ3n) is 6.50. The first-order valence-electron chi connectivity index (χ1n) is 10.7. The Labute approximate surface area is 180 Å². The third kappa shape index (κ3) is 3.37. The maximum absolute atomic E-state index is 5.67. The Morgan fingerprint density at radius 3 is 2.55 bits per heavy atom. The second kappa shape index (κ2) is 7.18. The highest BCUT2D eigenvalue weighted by molar-refractivity contribution is 5.85. The van der Waals surface area contributed by atoms with Crippen molar-refractivity contribution < 1.29 is 4.42 Å². The molecule has 0 saturated carbocycles. The number of piperazine rings is 1. The van der Waals surface area contributed by atoms with E-state index in [0.29, 0.717) is 11.6 Å². The summed E-state index contributed by atoms with van der Waals surface area (Å²) in [5.74, 6) is 1.02. The minimum absolute atomic E-state index is 0.180. The molecule has 0 aliphatic carbocycles. The van der Waals surface area contributed by atoms with E-state index in [0.717, 1.165) is 72.8 Å². The maximum Gasteiger partial charge on any atom is 0.292 e. The second-order valence-corrected chi connectivity index (χ2v) is 8.56. The number of likely N-dealkylation sites (N-methyl/N-ethyl adjacent to an activating group) is 1. The van der Waals surface area contributed by atoms with Gasteiger partial charge in [-0.3, -0.25) is 9.88 Å². The standard InChI is InChI=1S/C23H25N7O/c1-28-6-8-29(9-7-28)17-13-30(14-17)22-5-3-18-19(26-22)11-16(12-25-18)15-2-4-21-20(10-15)27-23(24)31-21/h2-5,10-12,17H,6-9,13-14H2,1H3,(H2,24,27). The number of anilines is 2. The Bertz CT molecular complexity index is 1260. The van der Waals surface area contributed by atoms with Gasteiger partial charge in [0.2, 0.25) is 0 Å². The lowest BCUT2D eigenvalue weighted by molar-refractivity contribution is 0.0961. The average Bonchev–Trinajstić information content (AvgIpc) is 3.12. The summed E-state index contributed by atoms with van der Waals surface area (Å²) < 4.78 is 5.37. The number of nitrogen functional groups attached to an aromatic ring is 1. The van der Waals surface area contributed by atoms with Crippen molar-refractivity contribution in [2.45, 2.75) is 6.04 Å². The Kier molecular flexibility index (Phi) is 4.29. The van der Waals surface area contributed by atoms with Crippen LogP contribution in [0, 0.1) is 0 Å². The topological polar surface area (TPSA) is 87.5 Å². The molecule has 0 spiro atoms. The molecule has 4 aromatic rings. The van der Waals surface area contributed by atoms with E-state index >= 15 is 0 Å². The van der Waals surface area contributed by atoms with E-state index in [4.69, 9.17) is 15.1 Å². The highest BCUT2D eigenvalue weighted by atomic mass is 16.4. The summed E-state index contributed by atoms with van der Waals surface area (Å²) in [6, 6.07) is 12.9. The van der Waals surface area contributed by atoms with Crippen LogP contribution in [0.3, 0.4) is 0 Å². The molecule has 0 unspecified atom stereocenters. The summed E-state index contributed by atoms with van der Waals surface area (Å²) in [5, 5.41) is 0. The molecule has 2 saturated heterocycles. The second-order valence-electron chi connectivity index (χ2n) is 8.56. The summed E-state index contributed by atoms with van der Waals surface area (Å²) in [4.78, 5) is 21.1. The van der Waals surface area contributed by atoms with Gasteiger partial charge in [-0.15, -0.1) is 0 Å². The van der Waals surface area contributed by atoms with E-state index in [9.17, 15) is 0 Å². The molecule has 2 fully saturated rings. The van der Waals surface area contributed by atoms with Gasteiger partial charge in [0.25, 0.3) is 6.01 Å². The van der Waals surface area contributed by atoms with Crippen LogP contribution in [-0.4, -0.2) is 77.1 Å². The van der Waals surface area contributed by atoms with Gasteiger partial charge in [-0.25, -0.2) is 4.98 Å². The highest BCUT2D eigenvalue weighted by Crippen LogP contribution is 2.29. The van der Waals surface area contributed by atoms with Crippen LogP contribution < -0.4 is 10.6 Å². The first kappa shape index (κ1) is 18.5. The van der Waals surface area contributed by atoms with Crippen LogP contribution in [-0.2, 0) is 0 Å². The van der Waals surface area contributed by atoms with Gasteiger partial charge in [0.05, 0.1) is 11.0 Å². The van der Waals surface area contributed by atoms with Gasteiger partial charge in [-0.2, -0.15) is 4.98 Å². The number of aromatic nitrogens is 3. The summed E-state index contributed by atoms with van der Waals surface area (Å²) in [7, 11) is 2.20. The minimum Gasteiger partial charge on any atom is -0.424 e. The van der Waals surface area contributed by atoms with Gasteiger partial charge in [-0.05, 0) is 42.9 Å². The van der Waals surface area contributed by atoms with Crippen molar-refractivity contribution >= 4 is 34.0 Å². The molecule has 8 heteroatoms. The highest BCUT2D eigenvalue weighted by Gasteiger charge is 2.33. The Balaban J connectivity index is 1.23. The number of oxazole rings is 1. The average molecular weight is 416 g/mol. The number of rotatable bonds is 3. The van der Waals surface area contributed by atoms with E-state index in [2.05, 4.69) is 49.9 Å². The number of pyridine rings is 2. The molecule has 6 rings (SSSR count). The zero-order valence-electron chi connectivity index (χ0n) is 17.5. The van der Waals surface area contributed by atoms with Crippen LogP contribution >= 0.6 is 0 Å². The maximum atomic E-state index is 5.67. The van der Waals surface area contributed by atoms with E-state index in [1.54, 1.807) is 0 Å². The van der Waals surface area contributed by atoms with Gasteiger partial charge in [-0.1, -0.05) is 6.07 Å². The number of hydrogen-bond donors (Lipinski definition) is 1. The van der Waals surface area contributed by atoms with Crippen molar-refractivity contribution in [3.8, 4) is 11.1 Å². The SMILES string of the molecule is CN1CCN(C2CN(c3ccc4ncc(-c5ccc6oc(N)nc6c5)cc4n3)C2)CC1. The predicted octanol–water partition coefficient (Wildman–Crippen LogP) is 2.46. The van der Waals surface area contributed by atoms with Gasteiger partial charge >= 0.3 is 0 Å². The van der Waals surface area contributed by atoms with Gasteiger partial charge in [0, 0.05) is 57.1 Å². The molecular formula is C23H25N7O. The molecule has 2 aliphatic heterocycles.